The van der Waals surface area contributed by atoms with E-state index in [-0.39, 0.29) is 20.8 Å². The number of rotatable bonds is 5. The predicted molar refractivity (Wildman–Crippen MR) is 83.1 cm³/mol. The van der Waals surface area contributed by atoms with Gasteiger partial charge in [0.1, 0.15) is 5.69 Å². The summed E-state index contributed by atoms with van der Waals surface area (Å²) in [4.78, 5) is 16.0. The number of aliphatic hydroxyl groups excluding tert-OH is 1. The molecule has 9 nitrogen and oxygen atoms in total. The first kappa shape index (κ1) is 16.0. The third kappa shape index (κ3) is 3.07. The molecule has 0 amide bonds. The molecular formula is C13H9N5O4S2. The van der Waals surface area contributed by atoms with Crippen LogP contribution in [0.25, 0.3) is 5.76 Å². The molecule has 0 aliphatic heterocycles. The van der Waals surface area contributed by atoms with E-state index in [1.54, 1.807) is 18.2 Å². The van der Waals surface area contributed by atoms with Crippen LogP contribution >= 0.6 is 11.3 Å². The molecule has 24 heavy (non-hydrogen) atoms. The van der Waals surface area contributed by atoms with Crippen LogP contribution in [0.1, 0.15) is 16.3 Å². The number of sulfone groups is 1. The van der Waals surface area contributed by atoms with Crippen molar-refractivity contribution in [1.82, 2.24) is 25.6 Å². The minimum Gasteiger partial charge on any atom is -0.504 e. The van der Waals surface area contributed by atoms with E-state index in [4.69, 9.17) is 0 Å². The van der Waals surface area contributed by atoms with Crippen LogP contribution in [-0.4, -0.2) is 44.9 Å². The van der Waals surface area contributed by atoms with E-state index in [1.165, 1.54) is 17.5 Å². The molecule has 0 atom stereocenters. The number of carbonyl (C=O) groups excluding carboxylic acids is 1. The van der Waals surface area contributed by atoms with Crippen molar-refractivity contribution in [3.63, 3.8) is 0 Å². The maximum Gasteiger partial charge on any atom is 0.239 e. The summed E-state index contributed by atoms with van der Waals surface area (Å²) in [5.41, 5.74) is -0.107. The van der Waals surface area contributed by atoms with Gasteiger partial charge in [-0.3, -0.25) is 4.79 Å². The number of benzene rings is 1. The van der Waals surface area contributed by atoms with Crippen LogP contribution in [-0.2, 0) is 9.84 Å². The van der Waals surface area contributed by atoms with Crippen molar-refractivity contribution in [2.45, 2.75) is 9.24 Å². The van der Waals surface area contributed by atoms with Crippen LogP contribution < -0.4 is 0 Å². The summed E-state index contributed by atoms with van der Waals surface area (Å²) in [6.07, 6.45) is 0.846. The van der Waals surface area contributed by atoms with Crippen molar-refractivity contribution in [2.24, 2.45) is 0 Å². The van der Waals surface area contributed by atoms with Crippen molar-refractivity contribution >= 4 is 32.7 Å². The molecular weight excluding hydrogens is 354 g/mol. The Morgan fingerprint density at radius 2 is 2.00 bits per heavy atom. The first-order chi connectivity index (χ1) is 11.5. The number of hydrogen-bond donors (Lipinski definition) is 2. The third-order valence-corrected chi connectivity index (χ3v) is 5.89. The zero-order valence-electron chi connectivity index (χ0n) is 11.8. The third-order valence-electron chi connectivity index (χ3n) is 2.86. The number of H-pyrrole nitrogens is 1. The van der Waals surface area contributed by atoms with Crippen molar-refractivity contribution in [3.05, 3.63) is 53.3 Å². The molecule has 2 heterocycles. The number of tetrazole rings is 1. The van der Waals surface area contributed by atoms with Gasteiger partial charge in [0.05, 0.1) is 4.90 Å². The number of ketones is 1. The molecule has 2 aromatic heterocycles. The molecule has 0 aliphatic rings. The average molecular weight is 363 g/mol. The topological polar surface area (TPSA) is 139 Å². The molecule has 3 aromatic rings. The van der Waals surface area contributed by atoms with E-state index in [0.717, 1.165) is 17.4 Å². The summed E-state index contributed by atoms with van der Waals surface area (Å²) in [5, 5.41) is 23.4. The molecule has 0 radical (unpaired) electrons. The van der Waals surface area contributed by atoms with Crippen molar-refractivity contribution < 1.29 is 18.3 Å². The Labute approximate surface area is 139 Å². The fourth-order valence-electron chi connectivity index (χ4n) is 1.73. The van der Waals surface area contributed by atoms with Gasteiger partial charge in [0.25, 0.3) is 0 Å². The van der Waals surface area contributed by atoms with Crippen molar-refractivity contribution in [2.75, 3.05) is 0 Å². The van der Waals surface area contributed by atoms with Gasteiger partial charge in [-0.2, -0.15) is 5.21 Å². The molecule has 2 N–H and O–H groups in total. The zero-order valence-corrected chi connectivity index (χ0v) is 13.5. The number of thiazole rings is 1. The Hall–Kier alpha value is -2.92. The van der Waals surface area contributed by atoms with E-state index in [1.807, 2.05) is 0 Å². The smallest absolute Gasteiger partial charge is 0.239 e. The minimum atomic E-state index is -3.79. The quantitative estimate of drug-likeness (QED) is 0.392. The second kappa shape index (κ2) is 6.29. The molecule has 11 heteroatoms. The number of carbonyl (C=O) groups is 1. The zero-order chi connectivity index (χ0) is 17.2. The number of nitrogens with zero attached hydrogens (tertiary/aromatic N) is 4. The summed E-state index contributed by atoms with van der Waals surface area (Å²) >= 11 is 0.824. The van der Waals surface area contributed by atoms with Crippen LogP contribution in [0.15, 0.2) is 51.0 Å². The Bertz CT molecular complexity index is 994. The van der Waals surface area contributed by atoms with Crippen LogP contribution in [0.5, 0.6) is 0 Å². The van der Waals surface area contributed by atoms with Crippen LogP contribution in [0.3, 0.4) is 0 Å². The van der Waals surface area contributed by atoms with Gasteiger partial charge in [-0.15, -0.1) is 21.5 Å². The fraction of sp³-hybridized carbons (Fsp3) is 0. The SMILES string of the molecule is O=C(C=C(O)c1nn[nH]n1)c1csc(S(=O)(=O)c2ccccc2)n1. The van der Waals surface area contributed by atoms with E-state index in [0.29, 0.717) is 0 Å². The van der Waals surface area contributed by atoms with Gasteiger partial charge >= 0.3 is 0 Å². The summed E-state index contributed by atoms with van der Waals surface area (Å²) in [6, 6.07) is 7.78. The summed E-state index contributed by atoms with van der Waals surface area (Å²) < 4.78 is 24.6. The van der Waals surface area contributed by atoms with Gasteiger partial charge in [0.2, 0.25) is 25.8 Å². The Morgan fingerprint density at radius 1 is 1.25 bits per heavy atom. The van der Waals surface area contributed by atoms with Gasteiger partial charge in [0.15, 0.2) is 5.76 Å². The normalized spacial score (nSPS) is 12.2. The largest absolute Gasteiger partial charge is 0.504 e. The summed E-state index contributed by atoms with van der Waals surface area (Å²) in [5.74, 6) is -1.34. The maximum atomic E-state index is 12.4. The van der Waals surface area contributed by atoms with Crippen molar-refractivity contribution in [3.8, 4) is 0 Å². The number of aliphatic hydroxyl groups is 1. The predicted octanol–water partition coefficient (Wildman–Crippen LogP) is 1.27. The second-order valence-electron chi connectivity index (χ2n) is 4.44. The maximum absolute atomic E-state index is 12.4. The molecule has 122 valence electrons. The van der Waals surface area contributed by atoms with Gasteiger partial charge in [-0.05, 0) is 17.3 Å². The monoisotopic (exact) mass is 363 g/mol. The highest BCUT2D eigenvalue weighted by molar-refractivity contribution is 7.93. The molecule has 0 saturated carbocycles. The highest BCUT2D eigenvalue weighted by atomic mass is 32.2. The molecule has 0 aliphatic carbocycles. The molecule has 0 fully saturated rings. The first-order valence-electron chi connectivity index (χ1n) is 6.43. The average Bonchev–Trinajstić information content (AvgIpc) is 3.27. The van der Waals surface area contributed by atoms with E-state index in [9.17, 15) is 18.3 Å². The lowest BCUT2D eigenvalue weighted by molar-refractivity contribution is 0.104. The van der Waals surface area contributed by atoms with Gasteiger partial charge in [-0.25, -0.2) is 13.4 Å². The minimum absolute atomic E-state index is 0.0866. The number of hydrogen-bond acceptors (Lipinski definition) is 9. The van der Waals surface area contributed by atoms with Crippen molar-refractivity contribution in [1.29, 1.82) is 0 Å². The standard InChI is InChI=1S/C13H9N5O4S2/c19-10(6-11(20)12-15-17-18-16-12)9-7-23-13(14-9)24(21,22)8-4-2-1-3-5-8/h1-7,20H,(H,15,16,17,18). The van der Waals surface area contributed by atoms with Crippen LogP contribution in [0.4, 0.5) is 0 Å². The fourth-order valence-corrected chi connectivity index (χ4v) is 4.14. The number of aromatic amines is 1. The second-order valence-corrected chi connectivity index (χ2v) is 7.43. The van der Waals surface area contributed by atoms with Gasteiger partial charge in [-0.1, -0.05) is 18.2 Å². The highest BCUT2D eigenvalue weighted by Gasteiger charge is 2.23. The van der Waals surface area contributed by atoms with Gasteiger partial charge < -0.3 is 5.11 Å². The lowest BCUT2D eigenvalue weighted by Crippen LogP contribution is -2.03. The summed E-state index contributed by atoms with van der Waals surface area (Å²) in [6.45, 7) is 0. The van der Waals surface area contributed by atoms with E-state index in [2.05, 4.69) is 25.6 Å². The molecule has 3 rings (SSSR count). The Balaban J connectivity index is 1.88. The first-order valence-corrected chi connectivity index (χ1v) is 8.79. The molecule has 1 aromatic carbocycles. The van der Waals surface area contributed by atoms with Gasteiger partial charge in [0, 0.05) is 11.5 Å². The number of allylic oxidation sites excluding steroid dienone is 1. The Kier molecular flexibility index (Phi) is 4.18. The molecule has 0 saturated heterocycles. The lowest BCUT2D eigenvalue weighted by atomic mass is 10.2. The Morgan fingerprint density at radius 3 is 2.67 bits per heavy atom. The number of nitrogens with one attached hydrogen (secondary N) is 1. The van der Waals surface area contributed by atoms with Crippen LogP contribution in [0, 0.1) is 0 Å². The highest BCUT2D eigenvalue weighted by Crippen LogP contribution is 2.24. The van der Waals surface area contributed by atoms with E-state index >= 15 is 0 Å². The molecule has 0 spiro atoms. The number of aromatic nitrogens is 5. The summed E-state index contributed by atoms with van der Waals surface area (Å²) in [7, 11) is -3.79. The molecule has 0 bridgehead atoms. The molecule has 0 unspecified atom stereocenters. The van der Waals surface area contributed by atoms with E-state index < -0.39 is 21.4 Å². The van der Waals surface area contributed by atoms with Crippen LogP contribution in [0.2, 0.25) is 0 Å². The lowest BCUT2D eigenvalue weighted by Gasteiger charge is -1.99.